The second-order valence-corrected chi connectivity index (χ2v) is 16.8. The Hall–Kier alpha value is -3.40. The van der Waals surface area contributed by atoms with Gasteiger partial charge in [-0.15, -0.1) is 0 Å². The SMILES string of the molecule is CC[C@H]1CN(c2ncc([N+](=O)[O-])cc2Cl)CCN1C1CCCCC1.CC[C@H]1CN(c2ncc([N+](=O)[O-])cc2Cl)CCN1C1CCN(Cc2ccc(Cl)cc2F)CC1. The summed E-state index contributed by atoms with van der Waals surface area (Å²) >= 11 is 18.5. The standard InChI is InChI=1S/C23H28Cl2FN5O2.C17H25ClN4O2/c1-2-18-15-29(23-21(25)12-20(13-27-23)31(32)33)9-10-30(18)19-5-7-28(8-6-19)14-16-3-4-17(24)11-22(16)26;1-2-13-12-20(8-9-21(13)14-6-4-3-5-7-14)17-16(18)10-15(11-19-17)22(23)24/h3-4,11-13,18-19H,2,5-10,14-15H2,1H3;10-11,13-14H,2-9,12H2,1H3/t18-;13-/m00/s1. The van der Waals surface area contributed by atoms with Gasteiger partial charge in [0.2, 0.25) is 0 Å². The van der Waals surface area contributed by atoms with Crippen molar-refractivity contribution in [1.82, 2.24) is 24.7 Å². The fourth-order valence-electron chi connectivity index (χ4n) is 9.03. The van der Waals surface area contributed by atoms with Crippen LogP contribution < -0.4 is 9.80 Å². The minimum Gasteiger partial charge on any atom is -0.353 e. The second kappa shape index (κ2) is 20.0. The molecule has 0 unspecified atom stereocenters. The highest BCUT2D eigenvalue weighted by Gasteiger charge is 2.35. The highest BCUT2D eigenvalue weighted by molar-refractivity contribution is 6.33. The van der Waals surface area contributed by atoms with Gasteiger partial charge in [0.1, 0.15) is 29.8 Å². The Morgan fingerprint density at radius 3 is 1.63 bits per heavy atom. The summed E-state index contributed by atoms with van der Waals surface area (Å²) in [5.74, 6) is 1.04. The van der Waals surface area contributed by atoms with Gasteiger partial charge in [0.25, 0.3) is 11.4 Å². The first-order valence-corrected chi connectivity index (χ1v) is 21.4. The van der Waals surface area contributed by atoms with Gasteiger partial charge in [-0.1, -0.05) is 74.0 Å². The maximum atomic E-state index is 14.2. The Labute approximate surface area is 349 Å². The van der Waals surface area contributed by atoms with Crippen LogP contribution in [0.3, 0.4) is 0 Å². The third-order valence-electron chi connectivity index (χ3n) is 12.1. The fourth-order valence-corrected chi connectivity index (χ4v) is 9.75. The smallest absolute Gasteiger partial charge is 0.289 e. The molecule has 57 heavy (non-hydrogen) atoms. The number of piperazine rings is 2. The van der Waals surface area contributed by atoms with Crippen LogP contribution in [0, 0.1) is 26.0 Å². The molecule has 1 aromatic carbocycles. The summed E-state index contributed by atoms with van der Waals surface area (Å²) < 4.78 is 14.2. The maximum Gasteiger partial charge on any atom is 0.289 e. The van der Waals surface area contributed by atoms with E-state index in [2.05, 4.69) is 48.3 Å². The van der Waals surface area contributed by atoms with Crippen LogP contribution in [0.15, 0.2) is 42.7 Å². The summed E-state index contributed by atoms with van der Waals surface area (Å²) in [6.45, 7) is 12.1. The van der Waals surface area contributed by atoms with Gasteiger partial charge in [-0.25, -0.2) is 14.4 Å². The van der Waals surface area contributed by atoms with E-state index in [1.807, 2.05) is 0 Å². The number of hydrogen-bond acceptors (Lipinski definition) is 11. The number of pyridine rings is 2. The second-order valence-electron chi connectivity index (χ2n) is 15.5. The number of anilines is 2. The molecule has 7 rings (SSSR count). The van der Waals surface area contributed by atoms with Crippen LogP contribution in [-0.4, -0.2) is 111 Å². The zero-order valence-corrected chi connectivity index (χ0v) is 35.0. The first kappa shape index (κ1) is 43.2. The lowest BCUT2D eigenvalue weighted by atomic mass is 9.92. The Morgan fingerprint density at radius 2 is 1.19 bits per heavy atom. The predicted octanol–water partition coefficient (Wildman–Crippen LogP) is 8.88. The van der Waals surface area contributed by atoms with Crippen LogP contribution >= 0.6 is 34.8 Å². The Bertz CT molecular complexity index is 1850. The molecular weight excluding hydrogens is 796 g/mol. The molecule has 3 saturated heterocycles. The molecule has 2 atom stereocenters. The van der Waals surface area contributed by atoms with Crippen molar-refractivity contribution in [1.29, 1.82) is 0 Å². The van der Waals surface area contributed by atoms with Crippen LogP contribution in [0.4, 0.5) is 27.4 Å². The van der Waals surface area contributed by atoms with Gasteiger partial charge in [-0.05, 0) is 63.7 Å². The van der Waals surface area contributed by atoms with Gasteiger partial charge >= 0.3 is 0 Å². The summed E-state index contributed by atoms with van der Waals surface area (Å²) in [6, 6.07) is 9.72. The van der Waals surface area contributed by atoms with Gasteiger partial charge in [0.15, 0.2) is 0 Å². The molecule has 1 aliphatic carbocycles. The Kier molecular flexibility index (Phi) is 15.2. The number of benzene rings is 1. The average molecular weight is 849 g/mol. The third kappa shape index (κ3) is 10.8. The molecule has 4 fully saturated rings. The fraction of sp³-hybridized carbons (Fsp3) is 0.600. The lowest BCUT2D eigenvalue weighted by molar-refractivity contribution is -0.385. The summed E-state index contributed by atoms with van der Waals surface area (Å²) in [4.78, 5) is 41.3. The van der Waals surface area contributed by atoms with E-state index in [0.29, 0.717) is 63.0 Å². The van der Waals surface area contributed by atoms with Crippen LogP contribution in [-0.2, 0) is 6.54 Å². The van der Waals surface area contributed by atoms with E-state index in [4.69, 9.17) is 34.8 Å². The zero-order valence-electron chi connectivity index (χ0n) is 32.7. The number of halogens is 4. The van der Waals surface area contributed by atoms with Crippen molar-refractivity contribution < 1.29 is 14.2 Å². The van der Waals surface area contributed by atoms with Crippen molar-refractivity contribution >= 4 is 57.8 Å². The summed E-state index contributed by atoms with van der Waals surface area (Å²) in [5.41, 5.74) is 0.529. The van der Waals surface area contributed by atoms with Gasteiger partial charge in [0, 0.05) is 92.7 Å². The van der Waals surface area contributed by atoms with Crippen molar-refractivity contribution in [2.75, 3.05) is 62.2 Å². The van der Waals surface area contributed by atoms with E-state index >= 15 is 0 Å². The first-order chi connectivity index (χ1) is 27.4. The molecule has 2 aromatic heterocycles. The minimum atomic E-state index is -0.483. The molecule has 0 amide bonds. The van der Waals surface area contributed by atoms with Crippen LogP contribution in [0.25, 0.3) is 0 Å². The van der Waals surface area contributed by atoms with E-state index in [1.165, 1.54) is 62.7 Å². The highest BCUT2D eigenvalue weighted by atomic mass is 35.5. The average Bonchev–Trinajstić information content (AvgIpc) is 3.22. The molecule has 0 N–H and O–H groups in total. The van der Waals surface area contributed by atoms with Crippen molar-refractivity contribution in [2.45, 2.75) is 102 Å². The van der Waals surface area contributed by atoms with E-state index in [0.717, 1.165) is 78.0 Å². The first-order valence-electron chi connectivity index (χ1n) is 20.2. The molecule has 310 valence electrons. The number of nitro groups is 2. The van der Waals surface area contributed by atoms with Gasteiger partial charge in [0.05, 0.1) is 19.9 Å². The molecule has 5 heterocycles. The minimum absolute atomic E-state index is 0.0587. The normalized spacial score (nSPS) is 21.9. The predicted molar refractivity (Wildman–Crippen MR) is 224 cm³/mol. The molecular formula is C40H53Cl3FN9O4. The van der Waals surface area contributed by atoms with E-state index in [1.54, 1.807) is 12.1 Å². The number of hydrogen-bond donors (Lipinski definition) is 0. The number of nitrogens with zero attached hydrogens (tertiary/aromatic N) is 9. The summed E-state index contributed by atoms with van der Waals surface area (Å²) in [5, 5.41) is 22.9. The molecule has 3 aliphatic heterocycles. The van der Waals surface area contributed by atoms with Crippen LogP contribution in [0.1, 0.15) is 77.2 Å². The van der Waals surface area contributed by atoms with Crippen molar-refractivity contribution in [3.8, 4) is 0 Å². The lowest BCUT2D eigenvalue weighted by Crippen LogP contribution is -2.58. The van der Waals surface area contributed by atoms with Crippen molar-refractivity contribution in [3.05, 3.63) is 89.4 Å². The molecule has 0 radical (unpaired) electrons. The number of rotatable bonds is 10. The highest BCUT2D eigenvalue weighted by Crippen LogP contribution is 2.33. The third-order valence-corrected chi connectivity index (χ3v) is 12.9. The summed E-state index contributed by atoms with van der Waals surface area (Å²) in [7, 11) is 0. The monoisotopic (exact) mass is 847 g/mol. The zero-order chi connectivity index (χ0) is 40.6. The molecule has 0 spiro atoms. The van der Waals surface area contributed by atoms with Gasteiger partial charge in [-0.2, -0.15) is 0 Å². The Morgan fingerprint density at radius 1 is 0.702 bits per heavy atom. The molecule has 3 aromatic rings. The lowest BCUT2D eigenvalue weighted by Gasteiger charge is -2.47. The number of likely N-dealkylation sites (tertiary alicyclic amines) is 1. The van der Waals surface area contributed by atoms with Crippen molar-refractivity contribution in [3.63, 3.8) is 0 Å². The summed E-state index contributed by atoms with van der Waals surface area (Å²) in [6.07, 6.45) is 13.4. The van der Waals surface area contributed by atoms with Crippen LogP contribution in [0.2, 0.25) is 15.1 Å². The Balaban J connectivity index is 0.000000203. The van der Waals surface area contributed by atoms with E-state index in [9.17, 15) is 24.6 Å². The largest absolute Gasteiger partial charge is 0.353 e. The molecule has 4 aliphatic rings. The van der Waals surface area contributed by atoms with Crippen LogP contribution in [0.5, 0.6) is 0 Å². The van der Waals surface area contributed by atoms with E-state index in [-0.39, 0.29) is 17.2 Å². The van der Waals surface area contributed by atoms with Crippen molar-refractivity contribution in [2.24, 2.45) is 0 Å². The molecule has 13 nitrogen and oxygen atoms in total. The quantitative estimate of drug-likeness (QED) is 0.143. The number of piperidine rings is 1. The molecule has 17 heteroatoms. The van der Waals surface area contributed by atoms with Gasteiger partial charge in [-0.3, -0.25) is 34.9 Å². The topological polar surface area (TPSA) is 128 Å². The molecule has 0 bridgehead atoms. The number of aromatic nitrogens is 2. The molecule has 1 saturated carbocycles. The van der Waals surface area contributed by atoms with Gasteiger partial charge < -0.3 is 9.80 Å². The van der Waals surface area contributed by atoms with E-state index < -0.39 is 9.85 Å². The maximum absolute atomic E-state index is 14.2.